The Bertz CT molecular complexity index is 447. The highest BCUT2D eigenvalue weighted by molar-refractivity contribution is 5.29. The molecule has 0 unspecified atom stereocenters. The first-order valence-corrected chi connectivity index (χ1v) is 6.68. The van der Waals surface area contributed by atoms with Gasteiger partial charge in [0.1, 0.15) is 5.75 Å². The van der Waals surface area contributed by atoms with Crippen molar-refractivity contribution in [3.63, 3.8) is 0 Å². The Morgan fingerprint density at radius 1 is 1.14 bits per heavy atom. The van der Waals surface area contributed by atoms with E-state index in [0.29, 0.717) is 13.2 Å². The molecule has 0 amide bonds. The molecule has 2 rings (SSSR count). The van der Waals surface area contributed by atoms with Crippen LogP contribution >= 0.6 is 0 Å². The van der Waals surface area contributed by atoms with Gasteiger partial charge in [-0.15, -0.1) is 0 Å². The molecule has 118 valence electrons. The van der Waals surface area contributed by atoms with E-state index in [1.165, 1.54) is 24.3 Å². The summed E-state index contributed by atoms with van der Waals surface area (Å²) < 4.78 is 58.9. The monoisotopic (exact) mass is 307 g/mol. The Kier molecular flexibility index (Phi) is 5.05. The lowest BCUT2D eigenvalue weighted by Gasteiger charge is -2.28. The second kappa shape index (κ2) is 6.62. The Morgan fingerprint density at radius 3 is 2.24 bits per heavy atom. The summed E-state index contributed by atoms with van der Waals surface area (Å²) in [4.78, 5) is 0. The largest absolute Gasteiger partial charge is 0.461 e. The maximum absolute atomic E-state index is 12.8. The van der Waals surface area contributed by atoms with Crippen LogP contribution in [0.1, 0.15) is 24.4 Å². The molecular weight excluding hydrogens is 290 g/mol. The lowest BCUT2D eigenvalue weighted by molar-refractivity contribution is -0.253. The van der Waals surface area contributed by atoms with Crippen molar-refractivity contribution in [2.75, 3.05) is 13.2 Å². The molecule has 1 aromatic carbocycles. The van der Waals surface area contributed by atoms with Crippen molar-refractivity contribution in [2.45, 2.75) is 31.4 Å². The second-order valence-electron chi connectivity index (χ2n) is 5.01. The van der Waals surface area contributed by atoms with Crippen LogP contribution in [0.25, 0.3) is 0 Å². The third-order valence-corrected chi connectivity index (χ3v) is 3.55. The third kappa shape index (κ3) is 4.07. The highest BCUT2D eigenvalue weighted by Crippen LogP contribution is 2.31. The molecule has 7 heteroatoms. The van der Waals surface area contributed by atoms with Gasteiger partial charge in [0.2, 0.25) is 0 Å². The molecule has 0 aliphatic carbocycles. The number of ether oxygens (including phenoxy) is 2. The van der Waals surface area contributed by atoms with Crippen LogP contribution in [0.2, 0.25) is 0 Å². The average molecular weight is 307 g/mol. The van der Waals surface area contributed by atoms with E-state index in [4.69, 9.17) is 10.5 Å². The van der Waals surface area contributed by atoms with Gasteiger partial charge in [-0.3, -0.25) is 0 Å². The molecule has 0 saturated carbocycles. The summed E-state index contributed by atoms with van der Waals surface area (Å²) in [7, 11) is 0. The summed E-state index contributed by atoms with van der Waals surface area (Å²) in [6.07, 6.45) is -6.70. The smallest absolute Gasteiger partial charge is 0.428 e. The standard InChI is InChI=1S/C14H17F4NO2/c15-13(16)14(17,18)21-11-3-1-9(2-4-11)12(19)10-5-7-20-8-6-10/h1-4,10,12-13H,5-8,19H2/t12-/m0/s1. The van der Waals surface area contributed by atoms with Crippen LogP contribution in [0.5, 0.6) is 5.75 Å². The van der Waals surface area contributed by atoms with Gasteiger partial charge in [-0.25, -0.2) is 0 Å². The fourth-order valence-electron chi connectivity index (χ4n) is 2.31. The summed E-state index contributed by atoms with van der Waals surface area (Å²) in [5.74, 6) is -0.0590. The van der Waals surface area contributed by atoms with Crippen molar-refractivity contribution in [3.8, 4) is 5.75 Å². The molecule has 21 heavy (non-hydrogen) atoms. The minimum Gasteiger partial charge on any atom is -0.428 e. The first kappa shape index (κ1) is 16.0. The van der Waals surface area contributed by atoms with Gasteiger partial charge in [-0.05, 0) is 36.5 Å². The van der Waals surface area contributed by atoms with Crippen LogP contribution < -0.4 is 10.5 Å². The van der Waals surface area contributed by atoms with E-state index in [0.717, 1.165) is 18.4 Å². The fourth-order valence-corrected chi connectivity index (χ4v) is 2.31. The molecule has 1 aromatic rings. The van der Waals surface area contributed by atoms with E-state index in [-0.39, 0.29) is 17.7 Å². The SMILES string of the molecule is N[C@@H](c1ccc(OC(F)(F)C(F)F)cc1)C1CCOCC1. The first-order valence-electron chi connectivity index (χ1n) is 6.68. The molecular formula is C14H17F4NO2. The van der Waals surface area contributed by atoms with Gasteiger partial charge in [0.25, 0.3) is 0 Å². The van der Waals surface area contributed by atoms with Gasteiger partial charge in [0.05, 0.1) is 0 Å². The normalized spacial score (nSPS) is 18.8. The van der Waals surface area contributed by atoms with Crippen molar-refractivity contribution in [1.29, 1.82) is 0 Å². The number of rotatable bonds is 5. The number of hydrogen-bond donors (Lipinski definition) is 1. The third-order valence-electron chi connectivity index (χ3n) is 3.55. The molecule has 0 aromatic heterocycles. The van der Waals surface area contributed by atoms with E-state index in [2.05, 4.69) is 4.74 Å². The summed E-state index contributed by atoms with van der Waals surface area (Å²) in [6, 6.07) is 5.27. The quantitative estimate of drug-likeness (QED) is 0.849. The van der Waals surface area contributed by atoms with Crippen LogP contribution in [0.3, 0.4) is 0 Å². The van der Waals surface area contributed by atoms with Gasteiger partial charge in [0.15, 0.2) is 0 Å². The molecule has 1 fully saturated rings. The summed E-state index contributed by atoms with van der Waals surface area (Å²) in [6.45, 7) is 1.31. The molecule has 1 aliphatic heterocycles. The van der Waals surface area contributed by atoms with Crippen molar-refractivity contribution >= 4 is 0 Å². The molecule has 1 saturated heterocycles. The summed E-state index contributed by atoms with van der Waals surface area (Å²) in [5.41, 5.74) is 6.89. The van der Waals surface area contributed by atoms with E-state index in [9.17, 15) is 17.6 Å². The zero-order valence-corrected chi connectivity index (χ0v) is 11.3. The van der Waals surface area contributed by atoms with E-state index >= 15 is 0 Å². The number of benzene rings is 1. The van der Waals surface area contributed by atoms with Crippen LogP contribution in [-0.2, 0) is 4.74 Å². The Labute approximate surface area is 120 Å². The van der Waals surface area contributed by atoms with Gasteiger partial charge in [-0.1, -0.05) is 12.1 Å². The average Bonchev–Trinajstić information content (AvgIpc) is 2.48. The predicted octanol–water partition coefficient (Wildman–Crippen LogP) is 3.35. The van der Waals surface area contributed by atoms with Crippen LogP contribution in [0, 0.1) is 5.92 Å². The fraction of sp³-hybridized carbons (Fsp3) is 0.571. The molecule has 2 N–H and O–H groups in total. The molecule has 1 atom stereocenters. The lowest BCUT2D eigenvalue weighted by Crippen LogP contribution is -2.33. The van der Waals surface area contributed by atoms with Crippen molar-refractivity contribution < 1.29 is 27.0 Å². The highest BCUT2D eigenvalue weighted by atomic mass is 19.3. The zero-order valence-electron chi connectivity index (χ0n) is 11.3. The van der Waals surface area contributed by atoms with Gasteiger partial charge < -0.3 is 15.2 Å². The first-order chi connectivity index (χ1) is 9.90. The molecule has 1 heterocycles. The molecule has 3 nitrogen and oxygen atoms in total. The van der Waals surface area contributed by atoms with E-state index in [1.807, 2.05) is 0 Å². The van der Waals surface area contributed by atoms with Crippen LogP contribution in [0.15, 0.2) is 24.3 Å². The maximum atomic E-state index is 12.8. The minimum absolute atomic E-state index is 0.237. The maximum Gasteiger partial charge on any atom is 0.461 e. The second-order valence-corrected chi connectivity index (χ2v) is 5.01. The number of halogens is 4. The Morgan fingerprint density at radius 2 is 1.71 bits per heavy atom. The molecule has 0 spiro atoms. The Hall–Kier alpha value is -1.34. The molecule has 0 bridgehead atoms. The zero-order chi connectivity index (χ0) is 15.5. The van der Waals surface area contributed by atoms with Gasteiger partial charge in [0, 0.05) is 19.3 Å². The van der Waals surface area contributed by atoms with Gasteiger partial charge >= 0.3 is 12.5 Å². The summed E-state index contributed by atoms with van der Waals surface area (Å²) >= 11 is 0. The number of nitrogens with two attached hydrogens (primary N) is 1. The number of hydrogen-bond acceptors (Lipinski definition) is 3. The predicted molar refractivity (Wildman–Crippen MR) is 68.5 cm³/mol. The topological polar surface area (TPSA) is 44.5 Å². The summed E-state index contributed by atoms with van der Waals surface area (Å²) in [5, 5.41) is 0. The van der Waals surface area contributed by atoms with Crippen molar-refractivity contribution in [2.24, 2.45) is 11.7 Å². The van der Waals surface area contributed by atoms with Crippen LogP contribution in [0.4, 0.5) is 17.6 Å². The van der Waals surface area contributed by atoms with E-state index in [1.54, 1.807) is 0 Å². The highest BCUT2D eigenvalue weighted by Gasteiger charge is 2.43. The molecule has 1 aliphatic rings. The van der Waals surface area contributed by atoms with Crippen LogP contribution in [-0.4, -0.2) is 25.7 Å². The van der Waals surface area contributed by atoms with Gasteiger partial charge in [-0.2, -0.15) is 17.6 Å². The lowest BCUT2D eigenvalue weighted by atomic mass is 9.88. The minimum atomic E-state index is -4.50. The molecule has 0 radical (unpaired) electrons. The van der Waals surface area contributed by atoms with E-state index < -0.39 is 12.5 Å². The van der Waals surface area contributed by atoms with Crippen molar-refractivity contribution in [1.82, 2.24) is 0 Å². The van der Waals surface area contributed by atoms with Crippen molar-refractivity contribution in [3.05, 3.63) is 29.8 Å². The number of alkyl halides is 4. The Balaban J connectivity index is 2.01.